The molecule has 0 bridgehead atoms. The van der Waals surface area contributed by atoms with Crippen molar-refractivity contribution in [3.05, 3.63) is 40.5 Å². The Kier molecular flexibility index (Phi) is 4.07. The lowest BCUT2D eigenvalue weighted by atomic mass is 9.96. The summed E-state index contributed by atoms with van der Waals surface area (Å²) in [6, 6.07) is 7.57. The lowest BCUT2D eigenvalue weighted by molar-refractivity contribution is -0.140. The third-order valence-electron chi connectivity index (χ3n) is 4.68. The summed E-state index contributed by atoms with van der Waals surface area (Å²) in [6.45, 7) is 3.34. The van der Waals surface area contributed by atoms with Crippen molar-refractivity contribution in [3.8, 4) is 0 Å². The van der Waals surface area contributed by atoms with E-state index in [1.807, 2.05) is 24.3 Å². The molecule has 1 aromatic heterocycles. The second-order valence-corrected chi connectivity index (χ2v) is 7.42. The topological polar surface area (TPSA) is 79.5 Å². The van der Waals surface area contributed by atoms with E-state index in [4.69, 9.17) is 4.52 Å². The predicted molar refractivity (Wildman–Crippen MR) is 93.0 cm³/mol. The van der Waals surface area contributed by atoms with E-state index in [9.17, 15) is 9.59 Å². The monoisotopic (exact) mass is 404 g/mol. The van der Waals surface area contributed by atoms with Crippen LogP contribution in [-0.2, 0) is 9.59 Å². The van der Waals surface area contributed by atoms with Gasteiger partial charge in [-0.25, -0.2) is 0 Å². The maximum Gasteiger partial charge on any atom is 0.233 e. The molecular weight excluding hydrogens is 388 g/mol. The number of amides is 2. The molecular formula is C17H17BrN4O3. The molecule has 1 aromatic carbocycles. The van der Waals surface area contributed by atoms with Crippen LogP contribution >= 0.6 is 15.9 Å². The fourth-order valence-electron chi connectivity index (χ4n) is 3.32. The number of carbonyl (C=O) groups excluding carboxylic acids is 2. The Hall–Kier alpha value is -2.22. The quantitative estimate of drug-likeness (QED) is 0.782. The number of likely N-dealkylation sites (tertiary alicyclic amines) is 1. The number of anilines is 1. The molecule has 2 aromatic rings. The molecule has 2 aliphatic heterocycles. The van der Waals surface area contributed by atoms with Gasteiger partial charge in [-0.2, -0.15) is 4.98 Å². The number of halogens is 1. The molecule has 3 heterocycles. The van der Waals surface area contributed by atoms with Crippen LogP contribution in [0, 0.1) is 12.8 Å². The first-order valence-electron chi connectivity index (χ1n) is 8.16. The van der Waals surface area contributed by atoms with Crippen LogP contribution in [0.4, 0.5) is 5.69 Å². The van der Waals surface area contributed by atoms with Gasteiger partial charge in [-0.3, -0.25) is 9.59 Å². The zero-order chi connectivity index (χ0) is 17.6. The normalized spacial score (nSPS) is 20.9. The number of benzene rings is 1. The van der Waals surface area contributed by atoms with E-state index in [0.29, 0.717) is 31.3 Å². The number of nitrogens with zero attached hydrogens (tertiary/aromatic N) is 4. The van der Waals surface area contributed by atoms with E-state index in [-0.39, 0.29) is 30.1 Å². The lowest BCUT2D eigenvalue weighted by Gasteiger charge is -2.38. The molecule has 2 saturated heterocycles. The summed E-state index contributed by atoms with van der Waals surface area (Å²) in [7, 11) is 0. The molecule has 1 atom stereocenters. The van der Waals surface area contributed by atoms with Crippen LogP contribution in [0.15, 0.2) is 33.3 Å². The molecule has 130 valence electrons. The Morgan fingerprint density at radius 3 is 2.80 bits per heavy atom. The van der Waals surface area contributed by atoms with Gasteiger partial charge in [-0.1, -0.05) is 27.2 Å². The second kappa shape index (κ2) is 6.25. The summed E-state index contributed by atoms with van der Waals surface area (Å²) in [5.74, 6) is 1.00. The molecule has 2 fully saturated rings. The van der Waals surface area contributed by atoms with Crippen LogP contribution in [0.25, 0.3) is 0 Å². The molecule has 0 saturated carbocycles. The zero-order valence-corrected chi connectivity index (χ0v) is 15.3. The molecule has 4 rings (SSSR count). The Morgan fingerprint density at radius 1 is 1.32 bits per heavy atom. The van der Waals surface area contributed by atoms with Crippen LogP contribution in [0.5, 0.6) is 0 Å². The highest BCUT2D eigenvalue weighted by Crippen LogP contribution is 2.32. The summed E-state index contributed by atoms with van der Waals surface area (Å²) in [5, 5.41) is 3.78. The zero-order valence-electron chi connectivity index (χ0n) is 13.7. The number of hydrogen-bond donors (Lipinski definition) is 0. The van der Waals surface area contributed by atoms with E-state index in [2.05, 4.69) is 26.1 Å². The first-order chi connectivity index (χ1) is 12.0. The molecule has 7 nitrogen and oxygen atoms in total. The van der Waals surface area contributed by atoms with Crippen molar-refractivity contribution in [1.82, 2.24) is 15.0 Å². The smallest absolute Gasteiger partial charge is 0.233 e. The SMILES string of the molecule is Cc1noc(C2CN(C(=O)[C@@H]3CC(=O)N(c4cccc(Br)c4)C3)C2)n1. The second-order valence-electron chi connectivity index (χ2n) is 6.51. The van der Waals surface area contributed by atoms with Crippen molar-refractivity contribution in [2.45, 2.75) is 19.3 Å². The minimum Gasteiger partial charge on any atom is -0.341 e. The van der Waals surface area contributed by atoms with Gasteiger partial charge in [0.2, 0.25) is 17.7 Å². The van der Waals surface area contributed by atoms with E-state index in [0.717, 1.165) is 10.2 Å². The highest BCUT2D eigenvalue weighted by Gasteiger charge is 2.42. The van der Waals surface area contributed by atoms with Gasteiger partial charge in [0.1, 0.15) is 0 Å². The van der Waals surface area contributed by atoms with E-state index < -0.39 is 0 Å². The Balaban J connectivity index is 1.38. The third kappa shape index (κ3) is 3.06. The largest absolute Gasteiger partial charge is 0.341 e. The van der Waals surface area contributed by atoms with Crippen LogP contribution in [-0.4, -0.2) is 46.5 Å². The van der Waals surface area contributed by atoms with Crippen molar-refractivity contribution in [1.29, 1.82) is 0 Å². The Labute approximate surface area is 153 Å². The van der Waals surface area contributed by atoms with Crippen molar-refractivity contribution in [3.63, 3.8) is 0 Å². The maximum atomic E-state index is 12.7. The highest BCUT2D eigenvalue weighted by atomic mass is 79.9. The van der Waals surface area contributed by atoms with Crippen molar-refractivity contribution in [2.24, 2.45) is 5.92 Å². The van der Waals surface area contributed by atoms with Gasteiger partial charge >= 0.3 is 0 Å². The molecule has 0 aliphatic carbocycles. The van der Waals surface area contributed by atoms with Gasteiger partial charge < -0.3 is 14.3 Å². The number of aryl methyl sites for hydroxylation is 1. The molecule has 0 spiro atoms. The summed E-state index contributed by atoms with van der Waals surface area (Å²) < 4.78 is 6.07. The minimum atomic E-state index is -0.295. The number of hydrogen-bond acceptors (Lipinski definition) is 5. The number of carbonyl (C=O) groups is 2. The molecule has 0 unspecified atom stereocenters. The Bertz CT molecular complexity index is 831. The average Bonchev–Trinajstić information content (AvgIpc) is 3.12. The summed E-state index contributed by atoms with van der Waals surface area (Å²) in [6.07, 6.45) is 0.256. The van der Waals surface area contributed by atoms with Gasteiger partial charge in [0, 0.05) is 36.2 Å². The summed E-state index contributed by atoms with van der Waals surface area (Å²) in [4.78, 5) is 32.7. The predicted octanol–water partition coefficient (Wildman–Crippen LogP) is 2.12. The summed E-state index contributed by atoms with van der Waals surface area (Å²) in [5.41, 5.74) is 0.817. The fraction of sp³-hybridized carbons (Fsp3) is 0.412. The number of aromatic nitrogens is 2. The third-order valence-corrected chi connectivity index (χ3v) is 5.17. The van der Waals surface area contributed by atoms with Gasteiger partial charge in [-0.05, 0) is 25.1 Å². The lowest BCUT2D eigenvalue weighted by Crippen LogP contribution is -2.51. The van der Waals surface area contributed by atoms with Crippen LogP contribution < -0.4 is 4.90 Å². The minimum absolute atomic E-state index is 0.0129. The maximum absolute atomic E-state index is 12.7. The van der Waals surface area contributed by atoms with Gasteiger partial charge in [0.15, 0.2) is 5.82 Å². The van der Waals surface area contributed by atoms with Crippen LogP contribution in [0.1, 0.15) is 24.1 Å². The van der Waals surface area contributed by atoms with Gasteiger partial charge in [-0.15, -0.1) is 0 Å². The average molecular weight is 405 g/mol. The molecule has 25 heavy (non-hydrogen) atoms. The van der Waals surface area contributed by atoms with E-state index >= 15 is 0 Å². The van der Waals surface area contributed by atoms with Crippen molar-refractivity contribution in [2.75, 3.05) is 24.5 Å². The highest BCUT2D eigenvalue weighted by molar-refractivity contribution is 9.10. The fourth-order valence-corrected chi connectivity index (χ4v) is 3.71. The molecule has 2 aliphatic rings. The number of rotatable bonds is 3. The van der Waals surface area contributed by atoms with Crippen LogP contribution in [0.3, 0.4) is 0 Å². The molecule has 8 heteroatoms. The van der Waals surface area contributed by atoms with Crippen LogP contribution in [0.2, 0.25) is 0 Å². The summed E-state index contributed by atoms with van der Waals surface area (Å²) >= 11 is 3.41. The first kappa shape index (κ1) is 16.3. The van der Waals surface area contributed by atoms with Gasteiger partial charge in [0.25, 0.3) is 0 Å². The van der Waals surface area contributed by atoms with E-state index in [1.165, 1.54) is 0 Å². The molecule has 0 radical (unpaired) electrons. The Morgan fingerprint density at radius 2 is 2.12 bits per heavy atom. The molecule has 0 N–H and O–H groups in total. The van der Waals surface area contributed by atoms with E-state index in [1.54, 1.807) is 16.7 Å². The van der Waals surface area contributed by atoms with Crippen molar-refractivity contribution < 1.29 is 14.1 Å². The molecule has 2 amide bonds. The standard InChI is InChI=1S/C17H17BrN4O3/c1-10-19-16(25-20-10)12-7-21(8-12)17(24)11-5-15(23)22(9-11)14-4-2-3-13(18)6-14/h2-4,6,11-12H,5,7-9H2,1H3/t11-/m1/s1. The first-order valence-corrected chi connectivity index (χ1v) is 8.95. The van der Waals surface area contributed by atoms with Crippen molar-refractivity contribution >= 4 is 33.4 Å². The van der Waals surface area contributed by atoms with Gasteiger partial charge in [0.05, 0.1) is 11.8 Å².